The SMILES string of the molecule is Cc1nnc(CNCc2ccc(F)cc2)n1C. The molecule has 0 bridgehead atoms. The molecule has 0 saturated carbocycles. The van der Waals surface area contributed by atoms with E-state index in [2.05, 4.69) is 15.5 Å². The maximum Gasteiger partial charge on any atom is 0.146 e. The lowest BCUT2D eigenvalue weighted by atomic mass is 10.2. The van der Waals surface area contributed by atoms with E-state index in [1.807, 2.05) is 18.5 Å². The Morgan fingerprint density at radius 3 is 2.47 bits per heavy atom. The van der Waals surface area contributed by atoms with Gasteiger partial charge in [0.25, 0.3) is 0 Å². The Morgan fingerprint density at radius 2 is 1.88 bits per heavy atom. The monoisotopic (exact) mass is 234 g/mol. The Hall–Kier alpha value is -1.75. The second kappa shape index (κ2) is 5.05. The van der Waals surface area contributed by atoms with Gasteiger partial charge in [0, 0.05) is 13.6 Å². The van der Waals surface area contributed by atoms with Crippen LogP contribution in [0.4, 0.5) is 4.39 Å². The van der Waals surface area contributed by atoms with Gasteiger partial charge in [-0.1, -0.05) is 12.1 Å². The molecule has 0 spiro atoms. The number of aromatic nitrogens is 3. The predicted octanol–water partition coefficient (Wildman–Crippen LogP) is 1.55. The largest absolute Gasteiger partial charge is 0.317 e. The minimum atomic E-state index is -0.210. The third-order valence-electron chi connectivity index (χ3n) is 2.71. The lowest BCUT2D eigenvalue weighted by Crippen LogP contribution is -2.16. The van der Waals surface area contributed by atoms with Crippen molar-refractivity contribution in [2.24, 2.45) is 7.05 Å². The predicted molar refractivity (Wildman–Crippen MR) is 62.7 cm³/mol. The fourth-order valence-corrected chi connectivity index (χ4v) is 1.53. The summed E-state index contributed by atoms with van der Waals surface area (Å²) in [6, 6.07) is 6.46. The van der Waals surface area contributed by atoms with Crippen LogP contribution in [0.25, 0.3) is 0 Å². The molecular weight excluding hydrogens is 219 g/mol. The first-order valence-electron chi connectivity index (χ1n) is 5.47. The highest BCUT2D eigenvalue weighted by atomic mass is 19.1. The Morgan fingerprint density at radius 1 is 1.18 bits per heavy atom. The molecule has 1 aromatic carbocycles. The smallest absolute Gasteiger partial charge is 0.146 e. The van der Waals surface area contributed by atoms with E-state index in [1.165, 1.54) is 12.1 Å². The van der Waals surface area contributed by atoms with E-state index in [4.69, 9.17) is 0 Å². The summed E-state index contributed by atoms with van der Waals surface area (Å²) in [6.07, 6.45) is 0. The highest BCUT2D eigenvalue weighted by Gasteiger charge is 2.03. The molecule has 90 valence electrons. The Bertz CT molecular complexity index is 490. The summed E-state index contributed by atoms with van der Waals surface area (Å²) < 4.78 is 14.6. The first-order chi connectivity index (χ1) is 8.16. The molecule has 2 aromatic rings. The number of nitrogens with zero attached hydrogens (tertiary/aromatic N) is 3. The van der Waals surface area contributed by atoms with Crippen molar-refractivity contribution in [3.05, 3.63) is 47.3 Å². The zero-order valence-corrected chi connectivity index (χ0v) is 9.94. The van der Waals surface area contributed by atoms with Gasteiger partial charge in [-0.05, 0) is 24.6 Å². The highest BCUT2D eigenvalue weighted by molar-refractivity contribution is 5.15. The molecule has 17 heavy (non-hydrogen) atoms. The molecule has 0 amide bonds. The minimum absolute atomic E-state index is 0.210. The topological polar surface area (TPSA) is 42.7 Å². The number of aryl methyl sites for hydroxylation is 1. The number of halogens is 1. The second-order valence-corrected chi connectivity index (χ2v) is 3.95. The maximum absolute atomic E-state index is 12.7. The maximum atomic E-state index is 12.7. The molecule has 4 nitrogen and oxygen atoms in total. The average molecular weight is 234 g/mol. The van der Waals surface area contributed by atoms with Gasteiger partial charge in [0.2, 0.25) is 0 Å². The highest BCUT2D eigenvalue weighted by Crippen LogP contribution is 2.03. The molecule has 0 fully saturated rings. The number of nitrogens with one attached hydrogen (secondary N) is 1. The number of hydrogen-bond donors (Lipinski definition) is 1. The summed E-state index contributed by atoms with van der Waals surface area (Å²) in [5.41, 5.74) is 1.05. The van der Waals surface area contributed by atoms with Gasteiger partial charge in [0.05, 0.1) is 6.54 Å². The number of rotatable bonds is 4. The molecule has 1 heterocycles. The van der Waals surface area contributed by atoms with Crippen LogP contribution >= 0.6 is 0 Å². The molecule has 0 unspecified atom stereocenters. The first-order valence-corrected chi connectivity index (χ1v) is 5.47. The van der Waals surface area contributed by atoms with E-state index in [0.717, 1.165) is 17.2 Å². The summed E-state index contributed by atoms with van der Waals surface area (Å²) in [7, 11) is 1.93. The van der Waals surface area contributed by atoms with Gasteiger partial charge in [0.15, 0.2) is 0 Å². The lowest BCUT2D eigenvalue weighted by molar-refractivity contribution is 0.619. The van der Waals surface area contributed by atoms with Crippen molar-refractivity contribution in [1.82, 2.24) is 20.1 Å². The third kappa shape index (κ3) is 2.88. The molecule has 1 N–H and O–H groups in total. The van der Waals surface area contributed by atoms with Crippen LogP contribution in [0, 0.1) is 12.7 Å². The molecule has 2 rings (SSSR count). The zero-order chi connectivity index (χ0) is 12.3. The summed E-state index contributed by atoms with van der Waals surface area (Å²) in [4.78, 5) is 0. The molecule has 0 radical (unpaired) electrons. The first kappa shape index (κ1) is 11.7. The Labute approximate surface area is 99.5 Å². The van der Waals surface area contributed by atoms with Gasteiger partial charge in [0.1, 0.15) is 17.5 Å². The lowest BCUT2D eigenvalue weighted by Gasteiger charge is -2.04. The molecule has 0 atom stereocenters. The fourth-order valence-electron chi connectivity index (χ4n) is 1.53. The van der Waals surface area contributed by atoms with Crippen molar-refractivity contribution >= 4 is 0 Å². The van der Waals surface area contributed by atoms with Crippen LogP contribution in [0.2, 0.25) is 0 Å². The average Bonchev–Trinajstić information content (AvgIpc) is 2.64. The minimum Gasteiger partial charge on any atom is -0.317 e. The van der Waals surface area contributed by atoms with Crippen LogP contribution in [0.15, 0.2) is 24.3 Å². The van der Waals surface area contributed by atoms with Crippen LogP contribution < -0.4 is 5.32 Å². The summed E-state index contributed by atoms with van der Waals surface area (Å²) in [5.74, 6) is 1.57. The fraction of sp³-hybridized carbons (Fsp3) is 0.333. The summed E-state index contributed by atoms with van der Waals surface area (Å²) in [6.45, 7) is 3.25. The van der Waals surface area contributed by atoms with Crippen molar-refractivity contribution in [2.75, 3.05) is 0 Å². The quantitative estimate of drug-likeness (QED) is 0.872. The van der Waals surface area contributed by atoms with Gasteiger partial charge in [-0.25, -0.2) is 4.39 Å². The van der Waals surface area contributed by atoms with E-state index in [-0.39, 0.29) is 5.82 Å². The summed E-state index contributed by atoms with van der Waals surface area (Å²) >= 11 is 0. The molecular formula is C12H15FN4. The molecule has 0 aliphatic carbocycles. The van der Waals surface area contributed by atoms with E-state index in [0.29, 0.717) is 13.1 Å². The molecule has 0 aliphatic heterocycles. The van der Waals surface area contributed by atoms with Gasteiger partial charge in [-0.3, -0.25) is 0 Å². The molecule has 5 heteroatoms. The Kier molecular flexibility index (Phi) is 3.49. The third-order valence-corrected chi connectivity index (χ3v) is 2.71. The second-order valence-electron chi connectivity index (χ2n) is 3.95. The molecule has 0 aliphatic rings. The van der Waals surface area contributed by atoms with E-state index >= 15 is 0 Å². The van der Waals surface area contributed by atoms with Gasteiger partial charge >= 0.3 is 0 Å². The van der Waals surface area contributed by atoms with Crippen LogP contribution in [0.1, 0.15) is 17.2 Å². The van der Waals surface area contributed by atoms with Crippen LogP contribution in [0.5, 0.6) is 0 Å². The molecule has 1 aromatic heterocycles. The number of benzene rings is 1. The molecule has 0 saturated heterocycles. The van der Waals surface area contributed by atoms with E-state index in [9.17, 15) is 4.39 Å². The zero-order valence-electron chi connectivity index (χ0n) is 9.94. The van der Waals surface area contributed by atoms with Gasteiger partial charge in [-0.15, -0.1) is 10.2 Å². The standard InChI is InChI=1S/C12H15FN4/c1-9-15-16-12(17(9)2)8-14-7-10-3-5-11(13)6-4-10/h3-6,14H,7-8H2,1-2H3. The number of hydrogen-bond acceptors (Lipinski definition) is 3. The summed E-state index contributed by atoms with van der Waals surface area (Å²) in [5, 5.41) is 11.3. The van der Waals surface area contributed by atoms with Gasteiger partial charge < -0.3 is 9.88 Å². The van der Waals surface area contributed by atoms with E-state index < -0.39 is 0 Å². The van der Waals surface area contributed by atoms with Crippen molar-refractivity contribution in [1.29, 1.82) is 0 Å². The normalized spacial score (nSPS) is 10.8. The van der Waals surface area contributed by atoms with Gasteiger partial charge in [-0.2, -0.15) is 0 Å². The van der Waals surface area contributed by atoms with Crippen molar-refractivity contribution in [2.45, 2.75) is 20.0 Å². The van der Waals surface area contributed by atoms with Crippen molar-refractivity contribution < 1.29 is 4.39 Å². The van der Waals surface area contributed by atoms with E-state index in [1.54, 1.807) is 12.1 Å². The van der Waals surface area contributed by atoms with Crippen LogP contribution in [0.3, 0.4) is 0 Å². The van der Waals surface area contributed by atoms with Crippen molar-refractivity contribution in [3.63, 3.8) is 0 Å². The Balaban J connectivity index is 1.87. The van der Waals surface area contributed by atoms with Crippen molar-refractivity contribution in [3.8, 4) is 0 Å². The van der Waals surface area contributed by atoms with Crippen LogP contribution in [-0.2, 0) is 20.1 Å². The van der Waals surface area contributed by atoms with Crippen LogP contribution in [-0.4, -0.2) is 14.8 Å².